The van der Waals surface area contributed by atoms with Crippen LogP contribution in [0.15, 0.2) is 24.3 Å². The smallest absolute Gasteiger partial charge is 0.224 e. The van der Waals surface area contributed by atoms with Crippen LogP contribution in [0, 0.1) is 13.8 Å². The van der Waals surface area contributed by atoms with Gasteiger partial charge in [-0.2, -0.15) is 5.10 Å². The summed E-state index contributed by atoms with van der Waals surface area (Å²) in [5, 5.41) is 13.8. The van der Waals surface area contributed by atoms with Crippen molar-refractivity contribution in [3.05, 3.63) is 46.8 Å². The molecule has 2 aromatic rings. The minimum Gasteiger partial charge on any atom is -0.496 e. The van der Waals surface area contributed by atoms with Crippen LogP contribution in [-0.4, -0.2) is 34.7 Å². The standard InChI is InChI=1S/C21H29N5O3/c1-13-11-20(28)24-21(23-13)26-15(3)17(14(2)25-26)9-10-19(27)22-12-16-7-5-6-8-18(16)29-4/h5-8,13,21,23H,9-12H2,1-4H3,(H,22,27)(H,24,28). The Morgan fingerprint density at radius 1 is 1.34 bits per heavy atom. The average Bonchev–Trinajstić information content (AvgIpc) is 2.98. The number of hydrogen-bond donors (Lipinski definition) is 3. The Balaban J connectivity index is 1.60. The summed E-state index contributed by atoms with van der Waals surface area (Å²) in [4.78, 5) is 24.2. The summed E-state index contributed by atoms with van der Waals surface area (Å²) in [7, 11) is 1.62. The van der Waals surface area contributed by atoms with Gasteiger partial charge in [-0.3, -0.25) is 14.9 Å². The number of hydrogen-bond acceptors (Lipinski definition) is 5. The van der Waals surface area contributed by atoms with E-state index in [0.717, 1.165) is 28.3 Å². The first-order valence-corrected chi connectivity index (χ1v) is 9.87. The van der Waals surface area contributed by atoms with E-state index in [1.54, 1.807) is 11.8 Å². The molecule has 2 atom stereocenters. The molecule has 0 radical (unpaired) electrons. The maximum Gasteiger partial charge on any atom is 0.224 e. The molecule has 3 N–H and O–H groups in total. The second-order valence-electron chi connectivity index (χ2n) is 7.42. The van der Waals surface area contributed by atoms with Crippen LogP contribution in [-0.2, 0) is 22.6 Å². The summed E-state index contributed by atoms with van der Waals surface area (Å²) in [6.45, 7) is 6.30. The first-order valence-electron chi connectivity index (χ1n) is 9.87. The van der Waals surface area contributed by atoms with E-state index in [-0.39, 0.29) is 24.1 Å². The Labute approximate surface area is 171 Å². The van der Waals surface area contributed by atoms with Crippen molar-refractivity contribution < 1.29 is 14.3 Å². The van der Waals surface area contributed by atoms with Crippen molar-refractivity contribution in [2.45, 2.75) is 58.9 Å². The minimum absolute atomic E-state index is 0.00562. The summed E-state index contributed by atoms with van der Waals surface area (Å²) in [5.41, 5.74) is 3.80. The highest BCUT2D eigenvalue weighted by Crippen LogP contribution is 2.20. The van der Waals surface area contributed by atoms with Crippen LogP contribution in [0.25, 0.3) is 0 Å². The summed E-state index contributed by atoms with van der Waals surface area (Å²) in [5.74, 6) is 0.739. The molecule has 8 nitrogen and oxygen atoms in total. The summed E-state index contributed by atoms with van der Waals surface area (Å²) in [6, 6.07) is 7.72. The molecule has 1 fully saturated rings. The molecule has 1 aliphatic heterocycles. The third-order valence-electron chi connectivity index (χ3n) is 5.22. The van der Waals surface area contributed by atoms with Crippen molar-refractivity contribution in [1.29, 1.82) is 0 Å². The second kappa shape index (κ2) is 9.09. The zero-order valence-electron chi connectivity index (χ0n) is 17.4. The molecule has 1 aromatic carbocycles. The second-order valence-corrected chi connectivity index (χ2v) is 7.42. The van der Waals surface area contributed by atoms with Gasteiger partial charge in [0.1, 0.15) is 5.75 Å². The number of rotatable bonds is 7. The lowest BCUT2D eigenvalue weighted by Gasteiger charge is -2.30. The molecule has 1 aliphatic rings. The number of carbonyl (C=O) groups excluding carboxylic acids is 2. The molecule has 8 heteroatoms. The number of nitrogens with one attached hydrogen (secondary N) is 3. The minimum atomic E-state index is -0.363. The van der Waals surface area contributed by atoms with Crippen molar-refractivity contribution >= 4 is 11.8 Å². The molecule has 0 saturated carbocycles. The number of amides is 2. The van der Waals surface area contributed by atoms with Gasteiger partial charge in [0.05, 0.1) is 12.8 Å². The van der Waals surface area contributed by atoms with E-state index >= 15 is 0 Å². The Kier molecular flexibility index (Phi) is 6.53. The molecule has 1 aromatic heterocycles. The number of aromatic nitrogens is 2. The quantitative estimate of drug-likeness (QED) is 0.659. The van der Waals surface area contributed by atoms with Gasteiger partial charge in [-0.1, -0.05) is 18.2 Å². The zero-order chi connectivity index (χ0) is 21.0. The predicted molar refractivity (Wildman–Crippen MR) is 109 cm³/mol. The average molecular weight is 399 g/mol. The fourth-order valence-electron chi connectivity index (χ4n) is 3.67. The molecule has 2 unspecified atom stereocenters. The molecule has 156 valence electrons. The lowest BCUT2D eigenvalue weighted by Crippen LogP contribution is -2.52. The molecular formula is C21H29N5O3. The maximum absolute atomic E-state index is 12.4. The fraction of sp³-hybridized carbons (Fsp3) is 0.476. The van der Waals surface area contributed by atoms with Crippen LogP contribution in [0.5, 0.6) is 5.75 Å². The Hall–Kier alpha value is -2.87. The fourth-order valence-corrected chi connectivity index (χ4v) is 3.67. The van der Waals surface area contributed by atoms with E-state index < -0.39 is 0 Å². The maximum atomic E-state index is 12.4. The Morgan fingerprint density at radius 3 is 2.83 bits per heavy atom. The van der Waals surface area contributed by atoms with Crippen molar-refractivity contribution in [1.82, 2.24) is 25.7 Å². The molecule has 0 bridgehead atoms. The van der Waals surface area contributed by atoms with Gasteiger partial charge in [0.2, 0.25) is 11.8 Å². The van der Waals surface area contributed by atoms with Gasteiger partial charge in [0.25, 0.3) is 0 Å². The van der Waals surface area contributed by atoms with Gasteiger partial charge in [-0.15, -0.1) is 0 Å². The molecule has 29 heavy (non-hydrogen) atoms. The third kappa shape index (κ3) is 4.95. The molecule has 2 heterocycles. The number of para-hydroxylation sites is 1. The van der Waals surface area contributed by atoms with Gasteiger partial charge < -0.3 is 15.4 Å². The van der Waals surface area contributed by atoms with Crippen LogP contribution in [0.4, 0.5) is 0 Å². The number of nitrogens with zero attached hydrogens (tertiary/aromatic N) is 2. The van der Waals surface area contributed by atoms with Crippen molar-refractivity contribution in [2.24, 2.45) is 0 Å². The SMILES string of the molecule is COc1ccccc1CNC(=O)CCc1c(C)nn(C2NC(=O)CC(C)N2)c1C. The van der Waals surface area contributed by atoms with Crippen LogP contribution in [0.3, 0.4) is 0 Å². The highest BCUT2D eigenvalue weighted by atomic mass is 16.5. The van der Waals surface area contributed by atoms with E-state index in [2.05, 4.69) is 21.0 Å². The van der Waals surface area contributed by atoms with Crippen LogP contribution in [0.1, 0.15) is 48.6 Å². The van der Waals surface area contributed by atoms with Gasteiger partial charge in [-0.25, -0.2) is 4.68 Å². The highest BCUT2D eigenvalue weighted by Gasteiger charge is 2.26. The topological polar surface area (TPSA) is 97.3 Å². The summed E-state index contributed by atoms with van der Waals surface area (Å²) >= 11 is 0. The lowest BCUT2D eigenvalue weighted by atomic mass is 10.1. The van der Waals surface area contributed by atoms with E-state index in [1.807, 2.05) is 45.0 Å². The predicted octanol–water partition coefficient (Wildman–Crippen LogP) is 1.71. The van der Waals surface area contributed by atoms with Crippen LogP contribution < -0.4 is 20.7 Å². The largest absolute Gasteiger partial charge is 0.496 e. The van der Waals surface area contributed by atoms with E-state index in [0.29, 0.717) is 25.8 Å². The lowest BCUT2D eigenvalue weighted by molar-refractivity contribution is -0.125. The number of benzene rings is 1. The first kappa shape index (κ1) is 20.9. The van der Waals surface area contributed by atoms with E-state index in [4.69, 9.17) is 4.74 Å². The van der Waals surface area contributed by atoms with Gasteiger partial charge in [-0.05, 0) is 38.8 Å². The number of methoxy groups -OCH3 is 1. The van der Waals surface area contributed by atoms with Crippen molar-refractivity contribution in [2.75, 3.05) is 7.11 Å². The molecule has 0 aliphatic carbocycles. The molecular weight excluding hydrogens is 370 g/mol. The van der Waals surface area contributed by atoms with E-state index in [9.17, 15) is 9.59 Å². The van der Waals surface area contributed by atoms with Crippen molar-refractivity contribution in [3.63, 3.8) is 0 Å². The van der Waals surface area contributed by atoms with Crippen LogP contribution in [0.2, 0.25) is 0 Å². The monoisotopic (exact) mass is 399 g/mol. The highest BCUT2D eigenvalue weighted by molar-refractivity contribution is 5.77. The molecule has 1 saturated heterocycles. The normalized spacial score (nSPS) is 19.0. The third-order valence-corrected chi connectivity index (χ3v) is 5.22. The number of aryl methyl sites for hydroxylation is 1. The van der Waals surface area contributed by atoms with Gasteiger partial charge in [0.15, 0.2) is 6.29 Å². The van der Waals surface area contributed by atoms with Crippen LogP contribution >= 0.6 is 0 Å². The van der Waals surface area contributed by atoms with Gasteiger partial charge in [0, 0.05) is 36.7 Å². The number of ether oxygens (including phenoxy) is 1. The summed E-state index contributed by atoms with van der Waals surface area (Å²) in [6.07, 6.45) is 1.04. The number of carbonyl (C=O) groups is 2. The Bertz CT molecular complexity index is 892. The molecule has 0 spiro atoms. The van der Waals surface area contributed by atoms with Crippen molar-refractivity contribution in [3.8, 4) is 5.75 Å². The summed E-state index contributed by atoms with van der Waals surface area (Å²) < 4.78 is 7.11. The Morgan fingerprint density at radius 2 is 2.10 bits per heavy atom. The molecule has 3 rings (SSSR count). The zero-order valence-corrected chi connectivity index (χ0v) is 17.4. The molecule has 2 amide bonds. The van der Waals surface area contributed by atoms with E-state index in [1.165, 1.54) is 0 Å². The van der Waals surface area contributed by atoms with Gasteiger partial charge >= 0.3 is 0 Å². The first-order chi connectivity index (χ1) is 13.9.